The average Bonchev–Trinajstić information content (AvgIpc) is 3.29. The van der Waals surface area contributed by atoms with Gasteiger partial charge in [-0.25, -0.2) is 32.2 Å². The summed E-state index contributed by atoms with van der Waals surface area (Å²) in [6, 6.07) is 13.3. The second-order valence-electron chi connectivity index (χ2n) is 9.02. The molecule has 8 nitrogen and oxygen atoms in total. The lowest BCUT2D eigenvalue weighted by Gasteiger charge is -2.25. The monoisotopic (exact) mass is 537 g/mol. The number of imidazole rings is 1. The van der Waals surface area contributed by atoms with E-state index in [1.807, 2.05) is 0 Å². The summed E-state index contributed by atoms with van der Waals surface area (Å²) in [5, 5.41) is 3.12. The van der Waals surface area contributed by atoms with Crippen molar-refractivity contribution in [3.8, 4) is 12.3 Å². The van der Waals surface area contributed by atoms with Crippen molar-refractivity contribution < 1.29 is 21.9 Å². The molecular formula is C27H25F2N5O3S. The number of rotatable bonds is 7. The number of hydrogen-bond donors (Lipinski definition) is 1. The van der Waals surface area contributed by atoms with Crippen LogP contribution in [0.1, 0.15) is 54.8 Å². The summed E-state index contributed by atoms with van der Waals surface area (Å²) in [6.07, 6.45) is 5.56. The van der Waals surface area contributed by atoms with Crippen molar-refractivity contribution in [1.29, 1.82) is 0 Å². The Morgan fingerprint density at radius 2 is 1.92 bits per heavy atom. The van der Waals surface area contributed by atoms with Gasteiger partial charge in [0.25, 0.3) is 6.43 Å². The maximum atomic E-state index is 14.2. The number of terminal acetylenes is 1. The Kier molecular flexibility index (Phi) is 7.10. The third kappa shape index (κ3) is 5.23. The average molecular weight is 538 g/mol. The second kappa shape index (κ2) is 10.5. The molecule has 0 saturated carbocycles. The van der Waals surface area contributed by atoms with Gasteiger partial charge in [-0.15, -0.1) is 6.42 Å². The molecule has 0 radical (unpaired) electrons. The fourth-order valence-electron chi connectivity index (χ4n) is 4.57. The highest BCUT2D eigenvalue weighted by atomic mass is 32.2. The van der Waals surface area contributed by atoms with Gasteiger partial charge in [-0.1, -0.05) is 24.1 Å². The molecule has 0 aliphatic carbocycles. The first kappa shape index (κ1) is 25.8. The number of sulfone groups is 1. The molecule has 1 aromatic carbocycles. The molecule has 11 heteroatoms. The first-order valence-electron chi connectivity index (χ1n) is 12.0. The molecular weight excluding hydrogens is 512 g/mol. The van der Waals surface area contributed by atoms with Crippen LogP contribution in [0.4, 0.5) is 20.2 Å². The first-order chi connectivity index (χ1) is 18.2. The minimum Gasteiger partial charge on any atom is -0.358 e. The van der Waals surface area contributed by atoms with Gasteiger partial charge in [-0.05, 0) is 49.6 Å². The van der Waals surface area contributed by atoms with Crippen LogP contribution in [0.3, 0.4) is 0 Å². The molecule has 4 aromatic rings. The Morgan fingerprint density at radius 1 is 1.11 bits per heavy atom. The molecule has 196 valence electrons. The molecule has 5 rings (SSSR count). The Hall–Kier alpha value is -3.88. The van der Waals surface area contributed by atoms with Crippen molar-refractivity contribution >= 4 is 32.4 Å². The lowest BCUT2D eigenvalue weighted by molar-refractivity contribution is -0.0363. The summed E-state index contributed by atoms with van der Waals surface area (Å²) in [5.41, 5.74) is 2.66. The van der Waals surface area contributed by atoms with E-state index in [9.17, 15) is 17.2 Å². The smallest absolute Gasteiger partial charge is 0.295 e. The van der Waals surface area contributed by atoms with Gasteiger partial charge in [0.1, 0.15) is 17.4 Å². The minimum absolute atomic E-state index is 0.0685. The standard InChI is InChI=1S/C27H25F2N5O3S/c1-3-17-9-8-10-18(30-17)15-19-16-21(32-20-11-4-5-12-22(20)38(2,35)36)24-26(31-19)34(27(33-24)25(28)29)23-13-6-7-14-37-23/h1,4-5,8-12,16,23,25H,6-7,13-15H2,2H3,(H,31,32). The number of aromatic nitrogens is 4. The summed E-state index contributed by atoms with van der Waals surface area (Å²) >= 11 is 0. The topological polar surface area (TPSA) is 99.0 Å². The van der Waals surface area contributed by atoms with E-state index < -0.39 is 28.3 Å². The first-order valence-corrected chi connectivity index (χ1v) is 13.9. The molecule has 1 aliphatic heterocycles. The van der Waals surface area contributed by atoms with Gasteiger partial charge in [0.2, 0.25) is 0 Å². The maximum Gasteiger partial charge on any atom is 0.295 e. The van der Waals surface area contributed by atoms with Crippen LogP contribution in [0.15, 0.2) is 53.4 Å². The Morgan fingerprint density at radius 3 is 2.63 bits per heavy atom. The predicted octanol–water partition coefficient (Wildman–Crippen LogP) is 5.18. The van der Waals surface area contributed by atoms with Gasteiger partial charge < -0.3 is 10.1 Å². The molecule has 0 bridgehead atoms. The van der Waals surface area contributed by atoms with Gasteiger partial charge in [0, 0.05) is 25.0 Å². The van der Waals surface area contributed by atoms with Gasteiger partial charge in [0.15, 0.2) is 21.3 Å². The van der Waals surface area contributed by atoms with Crippen molar-refractivity contribution in [2.75, 3.05) is 18.2 Å². The van der Waals surface area contributed by atoms with E-state index in [1.54, 1.807) is 42.5 Å². The summed E-state index contributed by atoms with van der Waals surface area (Å²) in [5.74, 6) is 2.05. The van der Waals surface area contributed by atoms with Crippen LogP contribution in [0.25, 0.3) is 11.2 Å². The predicted molar refractivity (Wildman–Crippen MR) is 139 cm³/mol. The Labute approximate surface area is 219 Å². The fraction of sp³-hybridized carbons (Fsp3) is 0.296. The van der Waals surface area contributed by atoms with Crippen LogP contribution >= 0.6 is 0 Å². The van der Waals surface area contributed by atoms with E-state index >= 15 is 0 Å². The summed E-state index contributed by atoms with van der Waals surface area (Å²) in [6.45, 7) is 0.447. The van der Waals surface area contributed by atoms with E-state index in [2.05, 4.69) is 21.2 Å². The van der Waals surface area contributed by atoms with E-state index in [0.29, 0.717) is 41.5 Å². The van der Waals surface area contributed by atoms with Crippen LogP contribution in [0, 0.1) is 12.3 Å². The Balaban J connectivity index is 1.70. The van der Waals surface area contributed by atoms with Crippen LogP contribution in [0.5, 0.6) is 0 Å². The summed E-state index contributed by atoms with van der Waals surface area (Å²) < 4.78 is 60.5. The number of fused-ring (bicyclic) bond motifs is 1. The fourth-order valence-corrected chi connectivity index (χ4v) is 5.41. The van der Waals surface area contributed by atoms with E-state index in [-0.39, 0.29) is 22.5 Å². The van der Waals surface area contributed by atoms with Crippen LogP contribution < -0.4 is 5.32 Å². The number of nitrogens with zero attached hydrogens (tertiary/aromatic N) is 4. The number of hydrogen-bond acceptors (Lipinski definition) is 7. The highest BCUT2D eigenvalue weighted by Gasteiger charge is 2.29. The van der Waals surface area contributed by atoms with Crippen molar-refractivity contribution in [3.05, 3.63) is 71.4 Å². The molecule has 1 unspecified atom stereocenters. The van der Waals surface area contributed by atoms with Crippen LogP contribution in [-0.4, -0.2) is 40.8 Å². The second-order valence-corrected chi connectivity index (χ2v) is 11.0. The summed E-state index contributed by atoms with van der Waals surface area (Å²) in [4.78, 5) is 13.5. The number of alkyl halides is 2. The highest BCUT2D eigenvalue weighted by molar-refractivity contribution is 7.90. The molecule has 1 aliphatic rings. The van der Waals surface area contributed by atoms with Crippen molar-refractivity contribution in [2.45, 2.75) is 43.2 Å². The molecule has 1 saturated heterocycles. The molecule has 1 N–H and O–H groups in total. The minimum atomic E-state index is -3.58. The van der Waals surface area contributed by atoms with Crippen LogP contribution in [0.2, 0.25) is 0 Å². The zero-order chi connectivity index (χ0) is 26.9. The number of anilines is 2. The van der Waals surface area contributed by atoms with E-state index in [0.717, 1.165) is 19.1 Å². The Bertz CT molecular complexity index is 1640. The van der Waals surface area contributed by atoms with E-state index in [1.165, 1.54) is 10.6 Å². The van der Waals surface area contributed by atoms with Gasteiger partial charge in [-0.3, -0.25) is 4.57 Å². The molecule has 0 amide bonds. The van der Waals surface area contributed by atoms with Crippen molar-refractivity contribution in [3.63, 3.8) is 0 Å². The normalized spacial score (nSPS) is 16.0. The zero-order valence-corrected chi connectivity index (χ0v) is 21.4. The lowest BCUT2D eigenvalue weighted by Crippen LogP contribution is -2.20. The third-order valence-corrected chi connectivity index (χ3v) is 7.40. The number of pyridine rings is 2. The molecule has 0 spiro atoms. The molecule has 4 heterocycles. The number of benzene rings is 1. The molecule has 1 fully saturated rings. The van der Waals surface area contributed by atoms with Crippen LogP contribution in [-0.2, 0) is 21.0 Å². The largest absolute Gasteiger partial charge is 0.358 e. The van der Waals surface area contributed by atoms with E-state index in [4.69, 9.17) is 16.1 Å². The van der Waals surface area contributed by atoms with Gasteiger partial charge in [-0.2, -0.15) is 0 Å². The lowest BCUT2D eigenvalue weighted by atomic mass is 10.1. The maximum absolute atomic E-state index is 14.2. The molecule has 1 atom stereocenters. The quantitative estimate of drug-likeness (QED) is 0.324. The summed E-state index contributed by atoms with van der Waals surface area (Å²) in [7, 11) is -3.58. The van der Waals surface area contributed by atoms with Gasteiger partial charge in [0.05, 0.1) is 22.0 Å². The zero-order valence-electron chi connectivity index (χ0n) is 20.6. The highest BCUT2D eigenvalue weighted by Crippen LogP contribution is 2.36. The molecule has 3 aromatic heterocycles. The molecule has 38 heavy (non-hydrogen) atoms. The van der Waals surface area contributed by atoms with Crippen molar-refractivity contribution in [2.24, 2.45) is 0 Å². The number of para-hydroxylation sites is 1. The number of halogens is 2. The number of nitrogens with one attached hydrogen (secondary N) is 1. The van der Waals surface area contributed by atoms with Crippen molar-refractivity contribution in [1.82, 2.24) is 19.5 Å². The SMILES string of the molecule is C#Cc1cccc(Cc2cc(Nc3ccccc3S(C)(=O)=O)c3nc(C(F)F)n(C4CCCCO4)c3n2)n1. The third-order valence-electron chi connectivity index (χ3n) is 6.24. The number of ether oxygens (including phenoxy) is 1. The van der Waals surface area contributed by atoms with Gasteiger partial charge >= 0.3 is 0 Å².